The smallest absolute Gasteiger partial charge is 0.329 e. The van der Waals surface area contributed by atoms with Gasteiger partial charge < -0.3 is 15.7 Å². The van der Waals surface area contributed by atoms with Gasteiger partial charge in [-0.15, -0.1) is 0 Å². The lowest BCUT2D eigenvalue weighted by atomic mass is 9.79. The normalized spacial score (nSPS) is 14.7. The fourth-order valence-electron chi connectivity index (χ4n) is 5.42. The Hall–Kier alpha value is -3.94. The van der Waals surface area contributed by atoms with Gasteiger partial charge in [0, 0.05) is 37.3 Å². The minimum Gasteiger partial charge on any atom is -0.479 e. The number of aliphatic carboxylic acids is 1. The van der Waals surface area contributed by atoms with Crippen molar-refractivity contribution in [3.8, 4) is 22.3 Å². The van der Waals surface area contributed by atoms with Crippen LogP contribution in [0, 0.1) is 5.41 Å². The molecule has 4 N–H and O–H groups in total. The first-order chi connectivity index (χ1) is 18.2. The highest BCUT2D eigenvalue weighted by Crippen LogP contribution is 2.36. The summed E-state index contributed by atoms with van der Waals surface area (Å²) >= 11 is 0. The van der Waals surface area contributed by atoms with Crippen molar-refractivity contribution in [2.45, 2.75) is 70.4 Å². The number of carboxylic acids is 1. The molecule has 1 aromatic heterocycles. The Balaban J connectivity index is 1.66. The number of amides is 1. The van der Waals surface area contributed by atoms with E-state index in [1.807, 2.05) is 62.6 Å². The molecule has 0 radical (unpaired) electrons. The number of carbonyl (C=O) groups is 2. The second-order valence-electron chi connectivity index (χ2n) is 10.3. The molecular weight excluding hydrogens is 478 g/mol. The molecule has 1 saturated carbocycles. The number of hydrogen-bond acceptors (Lipinski definition) is 4. The first-order valence-corrected chi connectivity index (χ1v) is 13.4. The van der Waals surface area contributed by atoms with Crippen LogP contribution >= 0.6 is 0 Å². The van der Waals surface area contributed by atoms with Gasteiger partial charge in [0.25, 0.3) is 0 Å². The largest absolute Gasteiger partial charge is 0.479 e. The van der Waals surface area contributed by atoms with Crippen molar-refractivity contribution in [2.24, 2.45) is 12.8 Å². The van der Waals surface area contributed by atoms with Gasteiger partial charge >= 0.3 is 5.97 Å². The third kappa shape index (κ3) is 5.64. The van der Waals surface area contributed by atoms with E-state index in [0.717, 1.165) is 59.9 Å². The van der Waals surface area contributed by atoms with Crippen LogP contribution in [0.5, 0.6) is 0 Å². The summed E-state index contributed by atoms with van der Waals surface area (Å²) in [6.07, 6.45) is 9.29. The van der Waals surface area contributed by atoms with E-state index < -0.39 is 11.5 Å². The molecule has 0 unspecified atom stereocenters. The van der Waals surface area contributed by atoms with Crippen LogP contribution in [-0.4, -0.2) is 43.0 Å². The highest BCUT2D eigenvalue weighted by Gasteiger charge is 2.46. The maximum atomic E-state index is 13.3. The van der Waals surface area contributed by atoms with E-state index >= 15 is 0 Å². The topological polar surface area (TPSA) is 125 Å². The summed E-state index contributed by atoms with van der Waals surface area (Å²) in [6.45, 7) is 2.28. The second kappa shape index (κ2) is 11.6. The van der Waals surface area contributed by atoms with Gasteiger partial charge in [0.15, 0.2) is 0 Å². The van der Waals surface area contributed by atoms with Gasteiger partial charge in [-0.25, -0.2) is 4.79 Å². The lowest BCUT2D eigenvalue weighted by Gasteiger charge is -2.43. The zero-order valence-corrected chi connectivity index (χ0v) is 22.2. The second-order valence-corrected chi connectivity index (χ2v) is 10.3. The SMILES string of the molecule is CCCCC(=O)N(Cc1ccc(-c2cc(-c3cnn(C)c3)ccc2C(=N)N)cc1)C1(C(=O)O)CCCCC1. The number of carbonyl (C=O) groups excluding carboxylic acids is 1. The molecule has 1 amide bonds. The van der Waals surface area contributed by atoms with E-state index in [1.165, 1.54) is 0 Å². The first-order valence-electron chi connectivity index (χ1n) is 13.4. The third-order valence-corrected chi connectivity index (χ3v) is 7.59. The Morgan fingerprint density at radius 1 is 1.08 bits per heavy atom. The van der Waals surface area contributed by atoms with Crippen LogP contribution in [0.25, 0.3) is 22.3 Å². The molecule has 0 aliphatic heterocycles. The van der Waals surface area contributed by atoms with E-state index in [2.05, 4.69) is 5.10 Å². The fourth-order valence-corrected chi connectivity index (χ4v) is 5.42. The van der Waals surface area contributed by atoms with Crippen LogP contribution < -0.4 is 5.73 Å². The summed E-state index contributed by atoms with van der Waals surface area (Å²) < 4.78 is 1.74. The lowest BCUT2D eigenvalue weighted by Crippen LogP contribution is -2.57. The molecule has 3 aromatic rings. The summed E-state index contributed by atoms with van der Waals surface area (Å²) in [5, 5.41) is 22.6. The molecular formula is C30H37N5O3. The molecule has 4 rings (SSSR count). The van der Waals surface area contributed by atoms with Crippen molar-refractivity contribution < 1.29 is 14.7 Å². The van der Waals surface area contributed by atoms with Crippen LogP contribution in [0.2, 0.25) is 0 Å². The number of nitrogens with two attached hydrogens (primary N) is 1. The minimum atomic E-state index is -1.15. The van der Waals surface area contributed by atoms with Gasteiger partial charge in [-0.05, 0) is 47.6 Å². The van der Waals surface area contributed by atoms with Gasteiger partial charge in [0.1, 0.15) is 11.4 Å². The number of unbranched alkanes of at least 4 members (excludes halogenated alkanes) is 1. The van der Waals surface area contributed by atoms with Crippen LogP contribution in [-0.2, 0) is 23.2 Å². The molecule has 8 heteroatoms. The molecule has 1 fully saturated rings. The Bertz CT molecular complexity index is 1310. The molecule has 2 aromatic carbocycles. The number of hydrogen-bond donors (Lipinski definition) is 3. The van der Waals surface area contributed by atoms with Crippen LogP contribution in [0.1, 0.15) is 69.4 Å². The van der Waals surface area contributed by atoms with Gasteiger partial charge in [-0.2, -0.15) is 5.10 Å². The van der Waals surface area contributed by atoms with Crippen LogP contribution in [0.3, 0.4) is 0 Å². The molecule has 1 aliphatic carbocycles. The van der Waals surface area contributed by atoms with Crippen LogP contribution in [0.4, 0.5) is 0 Å². The number of amidine groups is 1. The van der Waals surface area contributed by atoms with Crippen molar-refractivity contribution in [3.05, 3.63) is 66.0 Å². The zero-order chi connectivity index (χ0) is 27.3. The minimum absolute atomic E-state index is 0.0183. The number of rotatable bonds is 10. The number of aryl methyl sites for hydroxylation is 1. The summed E-state index contributed by atoms with van der Waals surface area (Å²) in [4.78, 5) is 27.5. The van der Waals surface area contributed by atoms with E-state index in [4.69, 9.17) is 11.1 Å². The number of carboxylic acid groups (broad SMARTS) is 1. The first kappa shape index (κ1) is 27.1. The van der Waals surface area contributed by atoms with E-state index in [-0.39, 0.29) is 18.3 Å². The standard InChI is InChI=1S/C30H37N5O3/c1-3-4-8-27(36)35(30(29(37)38)15-6-5-7-16-30)19-21-9-11-22(12-10-21)26-17-23(13-14-25(26)28(31)32)24-18-33-34(2)20-24/h9-14,17-18,20H,3-8,15-16,19H2,1-2H3,(H3,31,32)(H,37,38). The average Bonchev–Trinajstić information content (AvgIpc) is 3.36. The fraction of sp³-hybridized carbons (Fsp3) is 0.400. The van der Waals surface area contributed by atoms with E-state index in [1.54, 1.807) is 15.8 Å². The predicted molar refractivity (Wildman–Crippen MR) is 149 cm³/mol. The van der Waals surface area contributed by atoms with Crippen molar-refractivity contribution >= 4 is 17.7 Å². The summed E-state index contributed by atoms with van der Waals surface area (Å²) in [7, 11) is 1.87. The monoisotopic (exact) mass is 515 g/mol. The summed E-state index contributed by atoms with van der Waals surface area (Å²) in [6, 6.07) is 13.6. The maximum Gasteiger partial charge on any atom is 0.329 e. The van der Waals surface area contributed by atoms with Crippen LogP contribution in [0.15, 0.2) is 54.9 Å². The molecule has 38 heavy (non-hydrogen) atoms. The lowest BCUT2D eigenvalue weighted by molar-refractivity contribution is -0.163. The Labute approximate surface area is 224 Å². The van der Waals surface area contributed by atoms with Gasteiger partial charge in [0.2, 0.25) is 5.91 Å². The van der Waals surface area contributed by atoms with Crippen molar-refractivity contribution in [2.75, 3.05) is 0 Å². The highest BCUT2D eigenvalue weighted by atomic mass is 16.4. The summed E-state index contributed by atoms with van der Waals surface area (Å²) in [5.74, 6) is -1.02. The number of nitrogen functional groups attached to an aromatic ring is 1. The number of benzene rings is 2. The van der Waals surface area contributed by atoms with Crippen molar-refractivity contribution in [3.63, 3.8) is 0 Å². The molecule has 1 heterocycles. The van der Waals surface area contributed by atoms with Crippen molar-refractivity contribution in [1.82, 2.24) is 14.7 Å². The molecule has 0 spiro atoms. The van der Waals surface area contributed by atoms with E-state index in [9.17, 15) is 14.7 Å². The number of nitrogens with one attached hydrogen (secondary N) is 1. The average molecular weight is 516 g/mol. The number of aromatic nitrogens is 2. The quantitative estimate of drug-likeness (QED) is 0.248. The van der Waals surface area contributed by atoms with Crippen molar-refractivity contribution in [1.29, 1.82) is 5.41 Å². The third-order valence-electron chi connectivity index (χ3n) is 7.59. The van der Waals surface area contributed by atoms with Gasteiger partial charge in [-0.1, -0.05) is 69.0 Å². The molecule has 8 nitrogen and oxygen atoms in total. The summed E-state index contributed by atoms with van der Waals surface area (Å²) in [5.41, 5.74) is 9.91. The molecule has 0 bridgehead atoms. The predicted octanol–water partition coefficient (Wildman–Crippen LogP) is 5.34. The Morgan fingerprint density at radius 2 is 1.76 bits per heavy atom. The molecule has 200 valence electrons. The number of nitrogens with zero attached hydrogens (tertiary/aromatic N) is 3. The molecule has 0 saturated heterocycles. The Morgan fingerprint density at radius 3 is 2.34 bits per heavy atom. The van der Waals surface area contributed by atoms with Gasteiger partial charge in [-0.3, -0.25) is 14.9 Å². The molecule has 1 aliphatic rings. The molecule has 0 atom stereocenters. The highest BCUT2D eigenvalue weighted by molar-refractivity contribution is 6.02. The Kier molecular flexibility index (Phi) is 8.29. The van der Waals surface area contributed by atoms with E-state index in [0.29, 0.717) is 24.8 Å². The maximum absolute atomic E-state index is 13.3. The zero-order valence-electron chi connectivity index (χ0n) is 22.2. The van der Waals surface area contributed by atoms with Gasteiger partial charge in [0.05, 0.1) is 6.20 Å².